The normalized spacial score (nSPS) is 10.8. The molecule has 1 rings (SSSR count). The van der Waals surface area contributed by atoms with E-state index in [1.165, 1.54) is 19.0 Å². The average Bonchev–Trinajstić information content (AvgIpc) is 2.36. The first-order chi connectivity index (χ1) is 8.77. The first-order valence-corrected chi connectivity index (χ1v) is 6.65. The van der Waals surface area contributed by atoms with Crippen molar-refractivity contribution >= 4 is 15.9 Å². The van der Waals surface area contributed by atoms with Crippen LogP contribution in [0.1, 0.15) is 5.56 Å². The third-order valence-corrected chi connectivity index (χ3v) is 3.68. The topological polar surface area (TPSA) is 90.3 Å². The van der Waals surface area contributed by atoms with Crippen molar-refractivity contribution in [1.82, 2.24) is 9.62 Å². The minimum Gasteiger partial charge on any atom is -0.348 e. The number of rotatable bonds is 4. The van der Waals surface area contributed by atoms with Crippen LogP contribution in [0.3, 0.4) is 0 Å². The average molecular weight is 285 g/mol. The highest BCUT2D eigenvalue weighted by Crippen LogP contribution is 2.14. The second kappa shape index (κ2) is 5.77. The Hall–Kier alpha value is -1.98. The summed E-state index contributed by atoms with van der Waals surface area (Å²) in [5.74, 6) is -1.22. The minimum absolute atomic E-state index is 0.267. The number of carbonyl (C=O) groups excluding carboxylic acids is 1. The molecule has 0 radical (unpaired) electrons. The predicted molar refractivity (Wildman–Crippen MR) is 65.0 cm³/mol. The van der Waals surface area contributed by atoms with E-state index in [1.54, 1.807) is 6.07 Å². The summed E-state index contributed by atoms with van der Waals surface area (Å²) in [5, 5.41) is 8.63. The van der Waals surface area contributed by atoms with Gasteiger partial charge >= 0.3 is 0 Å². The lowest BCUT2D eigenvalue weighted by atomic mass is 10.2. The number of hydrogen-bond donors (Lipinski definition) is 1. The molecule has 1 aromatic carbocycles. The standard InChI is InChI=1S/C11H12FN3O3S/c1-15(2)11(16)7-14-19(17,18)9-3-4-10(12)8(5-9)6-13/h3-5,14H,7H2,1-2H3. The Morgan fingerprint density at radius 3 is 2.63 bits per heavy atom. The summed E-state index contributed by atoms with van der Waals surface area (Å²) in [5.41, 5.74) is -0.373. The fourth-order valence-corrected chi connectivity index (χ4v) is 2.16. The van der Waals surface area contributed by atoms with Crippen LogP contribution in [0, 0.1) is 17.1 Å². The molecule has 0 spiro atoms. The van der Waals surface area contributed by atoms with Crippen LogP contribution < -0.4 is 4.72 Å². The van der Waals surface area contributed by atoms with E-state index in [0.717, 1.165) is 18.2 Å². The lowest BCUT2D eigenvalue weighted by Crippen LogP contribution is -2.36. The van der Waals surface area contributed by atoms with Gasteiger partial charge in [-0.15, -0.1) is 0 Å². The summed E-state index contributed by atoms with van der Waals surface area (Å²) < 4.78 is 38.8. The van der Waals surface area contributed by atoms with Gasteiger partial charge in [0.2, 0.25) is 15.9 Å². The molecule has 0 bridgehead atoms. The van der Waals surface area contributed by atoms with Crippen molar-refractivity contribution in [2.24, 2.45) is 0 Å². The van der Waals surface area contributed by atoms with Gasteiger partial charge in [-0.25, -0.2) is 17.5 Å². The Morgan fingerprint density at radius 2 is 2.11 bits per heavy atom. The molecule has 0 fully saturated rings. The van der Waals surface area contributed by atoms with Crippen LogP contribution in [0.5, 0.6) is 0 Å². The van der Waals surface area contributed by atoms with Gasteiger partial charge in [-0.1, -0.05) is 0 Å². The predicted octanol–water partition coefficient (Wildman–Crippen LogP) is 0.0639. The largest absolute Gasteiger partial charge is 0.348 e. The maximum Gasteiger partial charge on any atom is 0.241 e. The molecule has 1 aromatic rings. The van der Waals surface area contributed by atoms with E-state index >= 15 is 0 Å². The summed E-state index contributed by atoms with van der Waals surface area (Å²) in [6, 6.07) is 4.38. The van der Waals surface area contributed by atoms with Gasteiger partial charge < -0.3 is 4.90 Å². The number of halogens is 1. The highest BCUT2D eigenvalue weighted by atomic mass is 32.2. The lowest BCUT2D eigenvalue weighted by Gasteiger charge is -2.11. The molecule has 0 saturated heterocycles. The van der Waals surface area contributed by atoms with E-state index in [1.807, 2.05) is 0 Å². The molecule has 0 saturated carbocycles. The quantitative estimate of drug-likeness (QED) is 0.847. The smallest absolute Gasteiger partial charge is 0.241 e. The molecular formula is C11H12FN3O3S. The van der Waals surface area contributed by atoms with Crippen LogP contribution in [-0.2, 0) is 14.8 Å². The van der Waals surface area contributed by atoms with Crippen LogP contribution >= 0.6 is 0 Å². The third kappa shape index (κ3) is 3.74. The molecular weight excluding hydrogens is 273 g/mol. The highest BCUT2D eigenvalue weighted by molar-refractivity contribution is 7.89. The number of benzene rings is 1. The van der Waals surface area contributed by atoms with Gasteiger partial charge in [0.15, 0.2) is 0 Å². The van der Waals surface area contributed by atoms with Crippen LogP contribution in [0.2, 0.25) is 0 Å². The lowest BCUT2D eigenvalue weighted by molar-refractivity contribution is -0.127. The molecule has 19 heavy (non-hydrogen) atoms. The van der Waals surface area contributed by atoms with E-state index in [9.17, 15) is 17.6 Å². The van der Waals surface area contributed by atoms with E-state index in [0.29, 0.717) is 0 Å². The van der Waals surface area contributed by atoms with Gasteiger partial charge in [0.05, 0.1) is 17.0 Å². The first kappa shape index (κ1) is 15.1. The Labute approximate surface area is 110 Å². The number of nitrogens with zero attached hydrogens (tertiary/aromatic N) is 2. The Balaban J connectivity index is 2.96. The van der Waals surface area contributed by atoms with Crippen molar-refractivity contribution in [3.8, 4) is 6.07 Å². The summed E-state index contributed by atoms with van der Waals surface area (Å²) in [4.78, 5) is 12.2. The van der Waals surface area contributed by atoms with E-state index in [-0.39, 0.29) is 10.5 Å². The molecule has 0 aliphatic rings. The van der Waals surface area contributed by atoms with Crippen molar-refractivity contribution in [2.75, 3.05) is 20.6 Å². The van der Waals surface area contributed by atoms with Crippen molar-refractivity contribution in [2.45, 2.75) is 4.90 Å². The Morgan fingerprint density at radius 1 is 1.47 bits per heavy atom. The number of amides is 1. The summed E-state index contributed by atoms with van der Waals surface area (Å²) in [6.45, 7) is -0.408. The van der Waals surface area contributed by atoms with Crippen LogP contribution in [-0.4, -0.2) is 39.9 Å². The summed E-state index contributed by atoms with van der Waals surface area (Å²) >= 11 is 0. The maximum atomic E-state index is 13.1. The van der Waals surface area contributed by atoms with Gasteiger partial charge in [-0.3, -0.25) is 4.79 Å². The first-order valence-electron chi connectivity index (χ1n) is 5.17. The van der Waals surface area contributed by atoms with E-state index < -0.39 is 28.3 Å². The molecule has 0 aromatic heterocycles. The van der Waals surface area contributed by atoms with Gasteiger partial charge in [-0.2, -0.15) is 5.26 Å². The molecule has 0 atom stereocenters. The highest BCUT2D eigenvalue weighted by Gasteiger charge is 2.17. The molecule has 0 aliphatic carbocycles. The maximum absolute atomic E-state index is 13.1. The van der Waals surface area contributed by atoms with Crippen LogP contribution in [0.15, 0.2) is 23.1 Å². The minimum atomic E-state index is -3.95. The molecule has 0 unspecified atom stereocenters. The van der Waals surface area contributed by atoms with Crippen molar-refractivity contribution in [3.05, 3.63) is 29.6 Å². The second-order valence-corrected chi connectivity index (χ2v) is 5.63. The second-order valence-electron chi connectivity index (χ2n) is 3.87. The zero-order chi connectivity index (χ0) is 14.6. The van der Waals surface area contributed by atoms with Crippen LogP contribution in [0.4, 0.5) is 4.39 Å². The number of hydrogen-bond acceptors (Lipinski definition) is 4. The third-order valence-electron chi connectivity index (χ3n) is 2.28. The monoisotopic (exact) mass is 285 g/mol. The molecule has 0 aliphatic heterocycles. The number of nitrogens with one attached hydrogen (secondary N) is 1. The summed E-state index contributed by atoms with van der Waals surface area (Å²) in [6.07, 6.45) is 0. The number of likely N-dealkylation sites (N-methyl/N-ethyl adjacent to an activating group) is 1. The van der Waals surface area contributed by atoms with Gasteiger partial charge in [0, 0.05) is 14.1 Å². The zero-order valence-electron chi connectivity index (χ0n) is 10.3. The molecule has 1 amide bonds. The summed E-state index contributed by atoms with van der Waals surface area (Å²) in [7, 11) is -0.977. The number of sulfonamides is 1. The number of carbonyl (C=O) groups is 1. The van der Waals surface area contributed by atoms with Gasteiger partial charge in [-0.05, 0) is 18.2 Å². The van der Waals surface area contributed by atoms with Crippen LogP contribution in [0.25, 0.3) is 0 Å². The van der Waals surface area contributed by atoms with Crippen molar-refractivity contribution in [1.29, 1.82) is 5.26 Å². The van der Waals surface area contributed by atoms with E-state index in [2.05, 4.69) is 4.72 Å². The van der Waals surface area contributed by atoms with Gasteiger partial charge in [0.1, 0.15) is 11.9 Å². The Bertz CT molecular complexity index is 635. The molecule has 6 nitrogen and oxygen atoms in total. The Kier molecular flexibility index (Phi) is 4.58. The van der Waals surface area contributed by atoms with Gasteiger partial charge in [0.25, 0.3) is 0 Å². The van der Waals surface area contributed by atoms with Crippen molar-refractivity contribution in [3.63, 3.8) is 0 Å². The molecule has 102 valence electrons. The molecule has 8 heteroatoms. The van der Waals surface area contributed by atoms with E-state index in [4.69, 9.17) is 5.26 Å². The molecule has 1 N–H and O–H groups in total. The fourth-order valence-electron chi connectivity index (χ4n) is 1.16. The fraction of sp³-hybridized carbons (Fsp3) is 0.273. The SMILES string of the molecule is CN(C)C(=O)CNS(=O)(=O)c1ccc(F)c(C#N)c1. The zero-order valence-corrected chi connectivity index (χ0v) is 11.2. The molecule has 0 heterocycles. The number of nitriles is 1. The van der Waals surface area contributed by atoms with Crippen molar-refractivity contribution < 1.29 is 17.6 Å².